The molecule has 1 saturated heterocycles. The van der Waals surface area contributed by atoms with E-state index in [-0.39, 0.29) is 0 Å². The van der Waals surface area contributed by atoms with Gasteiger partial charge in [0.25, 0.3) is 0 Å². The Morgan fingerprint density at radius 1 is 1.00 bits per heavy atom. The molecule has 0 amide bonds. The van der Waals surface area contributed by atoms with Gasteiger partial charge in [0.05, 0.1) is 10.7 Å². The summed E-state index contributed by atoms with van der Waals surface area (Å²) in [5.41, 5.74) is 2.08. The second-order valence-electron chi connectivity index (χ2n) is 6.79. The van der Waals surface area contributed by atoms with E-state index < -0.39 is 0 Å². The minimum atomic E-state index is 1.00. The Morgan fingerprint density at radius 2 is 1.81 bits per heavy atom. The van der Waals surface area contributed by atoms with Gasteiger partial charge in [0.1, 0.15) is 5.82 Å². The minimum absolute atomic E-state index is 1.00. The number of aromatic nitrogens is 2. The third-order valence-electron chi connectivity index (χ3n) is 5.16. The van der Waals surface area contributed by atoms with Crippen LogP contribution in [0.5, 0.6) is 0 Å². The van der Waals surface area contributed by atoms with Crippen molar-refractivity contribution in [1.82, 2.24) is 14.9 Å². The van der Waals surface area contributed by atoms with Crippen LogP contribution in [0.15, 0.2) is 53.7 Å². The van der Waals surface area contributed by atoms with E-state index in [9.17, 15) is 0 Å². The molecule has 27 heavy (non-hydrogen) atoms. The van der Waals surface area contributed by atoms with Crippen molar-refractivity contribution in [3.63, 3.8) is 0 Å². The van der Waals surface area contributed by atoms with Crippen molar-refractivity contribution in [2.45, 2.75) is 18.9 Å². The zero-order valence-electron chi connectivity index (χ0n) is 16.1. The third-order valence-corrected chi connectivity index (χ3v) is 5.99. The molecule has 3 heterocycles. The zero-order chi connectivity index (χ0) is 18.6. The molecule has 0 saturated carbocycles. The summed E-state index contributed by atoms with van der Waals surface area (Å²) >= 11 is 1.77. The van der Waals surface area contributed by atoms with Crippen LogP contribution in [0.1, 0.15) is 13.8 Å². The average molecular weight is 379 g/mol. The van der Waals surface area contributed by atoms with Crippen molar-refractivity contribution >= 4 is 28.4 Å². The minimum Gasteiger partial charge on any atom is -0.354 e. The summed E-state index contributed by atoms with van der Waals surface area (Å²) in [6.07, 6.45) is 1.95. The maximum Gasteiger partial charge on any atom is 0.137 e. The fraction of sp³-hybridized carbons (Fsp3) is 0.364. The summed E-state index contributed by atoms with van der Waals surface area (Å²) in [5, 5.41) is 3.54. The van der Waals surface area contributed by atoms with E-state index in [2.05, 4.69) is 71.1 Å². The van der Waals surface area contributed by atoms with Gasteiger partial charge in [0.2, 0.25) is 0 Å². The van der Waals surface area contributed by atoms with Gasteiger partial charge in [-0.25, -0.2) is 9.97 Å². The molecule has 0 spiro atoms. The van der Waals surface area contributed by atoms with Gasteiger partial charge in [0, 0.05) is 43.3 Å². The summed E-state index contributed by atoms with van der Waals surface area (Å²) in [4.78, 5) is 14.6. The topological polar surface area (TPSA) is 32.3 Å². The van der Waals surface area contributed by atoms with Crippen LogP contribution in [0.2, 0.25) is 0 Å². The van der Waals surface area contributed by atoms with Crippen LogP contribution in [0.4, 0.5) is 5.82 Å². The van der Waals surface area contributed by atoms with Crippen molar-refractivity contribution in [3.05, 3.63) is 48.7 Å². The molecule has 2 aromatic heterocycles. The highest BCUT2D eigenvalue weighted by Gasteiger charge is 2.19. The number of fused-ring (bicyclic) bond motifs is 1. The number of rotatable bonds is 5. The average Bonchev–Trinajstić information content (AvgIpc) is 2.74. The van der Waals surface area contributed by atoms with E-state index in [1.54, 1.807) is 11.8 Å². The molecular weight excluding hydrogens is 352 g/mol. The molecule has 4 nitrogen and oxygen atoms in total. The first-order valence-corrected chi connectivity index (χ1v) is 10.7. The molecule has 1 aliphatic rings. The molecule has 140 valence electrons. The van der Waals surface area contributed by atoms with Gasteiger partial charge in [-0.05, 0) is 35.9 Å². The predicted molar refractivity (Wildman–Crippen MR) is 116 cm³/mol. The number of nitrogens with zero attached hydrogens (tertiary/aromatic N) is 4. The van der Waals surface area contributed by atoms with Crippen molar-refractivity contribution in [2.75, 3.05) is 43.4 Å². The van der Waals surface area contributed by atoms with Crippen LogP contribution in [0.3, 0.4) is 0 Å². The van der Waals surface area contributed by atoms with Crippen LogP contribution in [-0.4, -0.2) is 53.3 Å². The number of likely N-dealkylation sites (N-methyl/N-ethyl adjacent to an activating group) is 1. The van der Waals surface area contributed by atoms with Crippen LogP contribution < -0.4 is 4.90 Å². The first kappa shape index (κ1) is 18.3. The van der Waals surface area contributed by atoms with Crippen LogP contribution >= 0.6 is 11.8 Å². The standard InChI is InChI=1S/C22H26N4S/c1-3-25-11-13-26(14-12-25)22-19-8-6-5-7-17(19)15-20(24-22)18-9-10-21(23-16-18)27-4-2/h5-10,15-16H,3-4,11-14H2,1-2H3. The molecule has 0 unspecified atom stereocenters. The number of piperazine rings is 1. The zero-order valence-corrected chi connectivity index (χ0v) is 16.9. The highest BCUT2D eigenvalue weighted by molar-refractivity contribution is 7.99. The number of anilines is 1. The summed E-state index contributed by atoms with van der Waals surface area (Å²) in [5.74, 6) is 2.14. The lowest BCUT2D eigenvalue weighted by atomic mass is 10.1. The number of thioether (sulfide) groups is 1. The number of hydrogen-bond donors (Lipinski definition) is 0. The molecular formula is C22H26N4S. The molecule has 0 atom stereocenters. The van der Waals surface area contributed by atoms with Gasteiger partial charge in [-0.2, -0.15) is 0 Å². The Kier molecular flexibility index (Phi) is 5.60. The third kappa shape index (κ3) is 3.94. The Labute approximate surface area is 165 Å². The van der Waals surface area contributed by atoms with Crippen molar-refractivity contribution in [2.24, 2.45) is 0 Å². The van der Waals surface area contributed by atoms with Gasteiger partial charge >= 0.3 is 0 Å². The Hall–Kier alpha value is -2.11. The SMILES string of the molecule is CCSc1ccc(-c2cc3ccccc3c(N3CCN(CC)CC3)n2)cn1. The molecule has 0 aliphatic carbocycles. The molecule has 4 rings (SSSR count). The lowest BCUT2D eigenvalue weighted by molar-refractivity contribution is 0.271. The van der Waals surface area contributed by atoms with E-state index in [0.29, 0.717) is 0 Å². The summed E-state index contributed by atoms with van der Waals surface area (Å²) in [7, 11) is 0. The Morgan fingerprint density at radius 3 is 2.52 bits per heavy atom. The maximum absolute atomic E-state index is 5.08. The molecule has 1 aromatic carbocycles. The smallest absolute Gasteiger partial charge is 0.137 e. The molecule has 0 radical (unpaired) electrons. The van der Waals surface area contributed by atoms with Gasteiger partial charge in [-0.1, -0.05) is 38.1 Å². The number of pyridine rings is 2. The van der Waals surface area contributed by atoms with Crippen LogP contribution in [-0.2, 0) is 0 Å². The van der Waals surface area contributed by atoms with Crippen LogP contribution in [0, 0.1) is 0 Å². The van der Waals surface area contributed by atoms with Gasteiger partial charge in [-0.3, -0.25) is 0 Å². The highest BCUT2D eigenvalue weighted by Crippen LogP contribution is 2.31. The van der Waals surface area contributed by atoms with E-state index in [1.807, 2.05) is 6.20 Å². The maximum atomic E-state index is 5.08. The molecule has 3 aromatic rings. The monoisotopic (exact) mass is 378 g/mol. The normalized spacial score (nSPS) is 15.4. The highest BCUT2D eigenvalue weighted by atomic mass is 32.2. The predicted octanol–water partition coefficient (Wildman–Crippen LogP) is 4.55. The fourth-order valence-electron chi connectivity index (χ4n) is 3.61. The number of benzene rings is 1. The summed E-state index contributed by atoms with van der Waals surface area (Å²) in [6.45, 7) is 9.75. The van der Waals surface area contributed by atoms with Crippen molar-refractivity contribution in [1.29, 1.82) is 0 Å². The largest absolute Gasteiger partial charge is 0.354 e. The molecule has 0 bridgehead atoms. The Balaban J connectivity index is 1.72. The van der Waals surface area contributed by atoms with E-state index in [4.69, 9.17) is 4.98 Å². The van der Waals surface area contributed by atoms with E-state index in [1.165, 1.54) is 10.8 Å². The van der Waals surface area contributed by atoms with E-state index >= 15 is 0 Å². The van der Waals surface area contributed by atoms with E-state index in [0.717, 1.165) is 60.6 Å². The molecule has 5 heteroatoms. The second-order valence-corrected chi connectivity index (χ2v) is 8.08. The van der Waals surface area contributed by atoms with Crippen molar-refractivity contribution in [3.8, 4) is 11.3 Å². The quantitative estimate of drug-likeness (QED) is 0.608. The number of hydrogen-bond acceptors (Lipinski definition) is 5. The van der Waals surface area contributed by atoms with Crippen molar-refractivity contribution < 1.29 is 0 Å². The second kappa shape index (κ2) is 8.28. The Bertz CT molecular complexity index is 902. The first-order valence-electron chi connectivity index (χ1n) is 9.74. The lowest BCUT2D eigenvalue weighted by Gasteiger charge is -2.35. The first-order chi connectivity index (χ1) is 13.3. The summed E-state index contributed by atoms with van der Waals surface area (Å²) in [6, 6.07) is 15.0. The molecule has 1 fully saturated rings. The fourth-order valence-corrected chi connectivity index (χ4v) is 4.20. The van der Waals surface area contributed by atoms with Crippen LogP contribution in [0.25, 0.3) is 22.0 Å². The van der Waals surface area contributed by atoms with Gasteiger partial charge in [-0.15, -0.1) is 11.8 Å². The molecule has 1 aliphatic heterocycles. The lowest BCUT2D eigenvalue weighted by Crippen LogP contribution is -2.46. The molecule has 0 N–H and O–H groups in total. The van der Waals surface area contributed by atoms with Gasteiger partial charge in [0.15, 0.2) is 0 Å². The van der Waals surface area contributed by atoms with Gasteiger partial charge < -0.3 is 9.80 Å². The summed E-state index contributed by atoms with van der Waals surface area (Å²) < 4.78 is 0.